The van der Waals surface area contributed by atoms with Crippen molar-refractivity contribution in [3.63, 3.8) is 0 Å². The molecule has 17 nitrogen and oxygen atoms in total. The number of hydrogen-bond donors (Lipinski definition) is 4. The molecule has 1 heterocycles. The Morgan fingerprint density at radius 3 is 1.94 bits per heavy atom. The number of imide groups is 1. The van der Waals surface area contributed by atoms with Gasteiger partial charge in [-0.1, -0.05) is 78.1 Å². The first-order valence-electron chi connectivity index (χ1n) is 17.9. The Kier molecular flexibility index (Phi) is 18.3. The van der Waals surface area contributed by atoms with Crippen LogP contribution in [0, 0.1) is 5.82 Å². The van der Waals surface area contributed by atoms with E-state index in [0.717, 1.165) is 46.8 Å². The highest BCUT2D eigenvalue weighted by atomic mass is 32.2. The molecule has 1 saturated heterocycles. The van der Waals surface area contributed by atoms with Crippen LogP contribution in [-0.4, -0.2) is 76.6 Å². The van der Waals surface area contributed by atoms with Crippen LogP contribution >= 0.6 is 23.5 Å². The zero-order valence-electron chi connectivity index (χ0n) is 32.6. The molecule has 25 heteroatoms. The molecular weight excluding hydrogens is 925 g/mol. The summed E-state index contributed by atoms with van der Waals surface area (Å²) in [5.41, 5.74) is 2.13. The summed E-state index contributed by atoms with van der Waals surface area (Å²) in [6.07, 6.45) is -6.93. The lowest BCUT2D eigenvalue weighted by Crippen LogP contribution is -2.31. The molecule has 63 heavy (non-hydrogen) atoms. The van der Waals surface area contributed by atoms with Crippen molar-refractivity contribution in [1.29, 1.82) is 0 Å². The third-order valence-corrected chi connectivity index (χ3v) is 11.0. The van der Waals surface area contributed by atoms with E-state index in [1.54, 1.807) is 48.5 Å². The van der Waals surface area contributed by atoms with Gasteiger partial charge in [-0.3, -0.25) is 24.5 Å². The van der Waals surface area contributed by atoms with Crippen LogP contribution in [0.2, 0.25) is 0 Å². The van der Waals surface area contributed by atoms with E-state index >= 15 is 0 Å². The largest absolute Gasteiger partial charge is 0.573 e. The SMILES string of the molecule is CNC(=O)C(Cc1ccc(OCC(OS(N)(=O)=O)c2cccc(OC(F)(F)F)c2)cc1)SC=O.NS(=O)(=O)OC(COc1ccc(CC2SC(=O)NC2=O)cc1)c1ccccc1F. The van der Waals surface area contributed by atoms with Gasteiger partial charge in [0.2, 0.25) is 11.8 Å². The minimum atomic E-state index is -4.94. The first-order valence-corrected chi connectivity index (χ1v) is 22.7. The van der Waals surface area contributed by atoms with E-state index in [4.69, 9.17) is 28.1 Å². The summed E-state index contributed by atoms with van der Waals surface area (Å²) in [5.74, 6) is -1.19. The third kappa shape index (κ3) is 17.8. The average molecular weight is 963 g/mol. The standard InChI is InChI=1S/C20H21F3N2O7S2.C18H17FN2O6S2/c1-25-19(27)18(33-12-26)9-13-5-7-15(8-6-13)30-11-17(32-34(24,28)29)14-3-2-4-16(10-14)31-20(21,22)23;19-14-4-2-1-3-13(14)15(27-29(20,24)25)10-26-12-7-5-11(6-8-12)9-16-17(22)21-18(23)28-16/h2-8,10,12,17-18H,9,11H2,1H3,(H,25,27)(H2,24,28,29);1-8,15-16H,9-10H2,(H2,20,24,25)(H,21,22,23). The fourth-order valence-electron chi connectivity index (χ4n) is 5.49. The summed E-state index contributed by atoms with van der Waals surface area (Å²) in [6.45, 7) is -0.709. The fourth-order valence-corrected chi connectivity index (χ4v) is 7.99. The van der Waals surface area contributed by atoms with Crippen LogP contribution in [0.15, 0.2) is 97.1 Å². The van der Waals surface area contributed by atoms with E-state index < -0.39 is 67.9 Å². The number of carbonyl (C=O) groups is 4. The van der Waals surface area contributed by atoms with Crippen LogP contribution in [-0.2, 0) is 56.2 Å². The van der Waals surface area contributed by atoms with Crippen molar-refractivity contribution < 1.29 is 76.2 Å². The Morgan fingerprint density at radius 1 is 0.841 bits per heavy atom. The second kappa shape index (κ2) is 22.9. The Hall–Kier alpha value is -5.28. The molecule has 0 spiro atoms. The highest BCUT2D eigenvalue weighted by Crippen LogP contribution is 2.29. The number of thioether (sulfide) groups is 2. The molecule has 4 unspecified atom stereocenters. The number of hydrogen-bond acceptors (Lipinski definition) is 15. The van der Waals surface area contributed by atoms with Crippen LogP contribution in [0.5, 0.6) is 17.2 Å². The Balaban J connectivity index is 0.000000280. The number of rotatable bonds is 20. The molecule has 4 aromatic rings. The number of nitrogens with two attached hydrogens (primary N) is 2. The number of halogens is 4. The molecule has 340 valence electrons. The molecule has 1 aliphatic heterocycles. The van der Waals surface area contributed by atoms with Gasteiger partial charge < -0.3 is 19.5 Å². The Bertz CT molecular complexity index is 2430. The molecule has 4 aromatic carbocycles. The molecule has 4 atom stereocenters. The second-order valence-corrected chi connectivity index (χ2v) is 17.4. The van der Waals surface area contributed by atoms with Crippen LogP contribution in [0.25, 0.3) is 0 Å². The highest BCUT2D eigenvalue weighted by Gasteiger charge is 2.33. The van der Waals surface area contributed by atoms with E-state index in [2.05, 4.69) is 15.4 Å². The van der Waals surface area contributed by atoms with Gasteiger partial charge in [0.25, 0.3) is 5.24 Å². The molecule has 0 radical (unpaired) electrons. The zero-order valence-corrected chi connectivity index (χ0v) is 35.8. The van der Waals surface area contributed by atoms with Gasteiger partial charge in [-0.25, -0.2) is 23.0 Å². The molecule has 0 aliphatic carbocycles. The van der Waals surface area contributed by atoms with E-state index in [9.17, 15) is 53.6 Å². The van der Waals surface area contributed by atoms with Gasteiger partial charge in [-0.2, -0.15) is 16.8 Å². The highest BCUT2D eigenvalue weighted by molar-refractivity contribution is 8.15. The third-order valence-electron chi connectivity index (χ3n) is 8.23. The average Bonchev–Trinajstić information content (AvgIpc) is 3.52. The maximum atomic E-state index is 14.0. The predicted molar refractivity (Wildman–Crippen MR) is 222 cm³/mol. The number of amides is 3. The van der Waals surface area contributed by atoms with Crippen LogP contribution in [0.4, 0.5) is 22.4 Å². The smallest absolute Gasteiger partial charge is 0.490 e. The van der Waals surface area contributed by atoms with Crippen LogP contribution in [0.3, 0.4) is 0 Å². The summed E-state index contributed by atoms with van der Waals surface area (Å²) >= 11 is 1.78. The summed E-state index contributed by atoms with van der Waals surface area (Å²) < 4.78 is 122. The molecule has 1 aliphatic rings. The molecule has 5 rings (SSSR count). The number of nitrogens with one attached hydrogen (secondary N) is 2. The Morgan fingerprint density at radius 2 is 1.41 bits per heavy atom. The molecule has 3 amide bonds. The lowest BCUT2D eigenvalue weighted by molar-refractivity contribution is -0.274. The molecule has 1 fully saturated rings. The maximum Gasteiger partial charge on any atom is 0.573 e. The molecule has 0 saturated carbocycles. The van der Waals surface area contributed by atoms with Gasteiger partial charge in [-0.15, -0.1) is 13.2 Å². The minimum Gasteiger partial charge on any atom is -0.490 e. The lowest BCUT2D eigenvalue weighted by Gasteiger charge is -2.19. The van der Waals surface area contributed by atoms with Crippen LogP contribution < -0.4 is 35.1 Å². The summed E-state index contributed by atoms with van der Waals surface area (Å²) in [5, 5.41) is 13.1. The van der Waals surface area contributed by atoms with Crippen molar-refractivity contribution in [3.05, 3.63) is 125 Å². The van der Waals surface area contributed by atoms with Gasteiger partial charge in [-0.05, 0) is 72.0 Å². The maximum absolute atomic E-state index is 14.0. The van der Waals surface area contributed by atoms with Crippen molar-refractivity contribution in [3.8, 4) is 17.2 Å². The molecule has 0 aromatic heterocycles. The quantitative estimate of drug-likeness (QED) is 0.0699. The molecule has 6 N–H and O–H groups in total. The lowest BCUT2D eigenvalue weighted by atomic mass is 10.1. The van der Waals surface area contributed by atoms with Gasteiger partial charge >= 0.3 is 27.0 Å². The number of ether oxygens (including phenoxy) is 3. The van der Waals surface area contributed by atoms with E-state index in [0.29, 0.717) is 17.8 Å². The fraction of sp³-hybridized carbons (Fsp3) is 0.263. The van der Waals surface area contributed by atoms with Crippen molar-refractivity contribution >= 4 is 66.8 Å². The van der Waals surface area contributed by atoms with Crippen molar-refractivity contribution in [2.45, 2.75) is 41.9 Å². The number of benzene rings is 4. The van der Waals surface area contributed by atoms with E-state index in [-0.39, 0.29) is 47.0 Å². The molecule has 0 bridgehead atoms. The summed E-state index contributed by atoms with van der Waals surface area (Å²) in [6, 6.07) is 23.1. The van der Waals surface area contributed by atoms with E-state index in [1.165, 1.54) is 43.4 Å². The van der Waals surface area contributed by atoms with Crippen molar-refractivity contribution in [2.24, 2.45) is 10.3 Å². The van der Waals surface area contributed by atoms with Crippen molar-refractivity contribution in [1.82, 2.24) is 10.6 Å². The van der Waals surface area contributed by atoms with Gasteiger partial charge in [0.1, 0.15) is 48.5 Å². The predicted octanol–water partition coefficient (Wildman–Crippen LogP) is 4.57. The number of alkyl halides is 3. The van der Waals surface area contributed by atoms with Crippen molar-refractivity contribution in [2.75, 3.05) is 20.3 Å². The molecular formula is C38H38F4N4O13S4. The van der Waals surface area contributed by atoms with Gasteiger partial charge in [0.15, 0.2) is 5.62 Å². The van der Waals surface area contributed by atoms with Crippen LogP contribution in [0.1, 0.15) is 34.5 Å². The second-order valence-electron chi connectivity index (χ2n) is 12.8. The zero-order chi connectivity index (χ0) is 46.4. The number of carbonyl (C=O) groups excluding carboxylic acids is 4. The van der Waals surface area contributed by atoms with E-state index in [1.807, 2.05) is 0 Å². The summed E-state index contributed by atoms with van der Waals surface area (Å²) in [4.78, 5) is 45.5. The first kappa shape index (κ1) is 50.4. The monoisotopic (exact) mass is 962 g/mol. The van der Waals surface area contributed by atoms with Gasteiger partial charge in [0.05, 0.1) is 10.5 Å². The first-order chi connectivity index (χ1) is 29.6. The Labute approximate surface area is 367 Å². The minimum absolute atomic E-state index is 0.00733. The van der Waals surface area contributed by atoms with Gasteiger partial charge in [0, 0.05) is 12.6 Å². The summed E-state index contributed by atoms with van der Waals surface area (Å²) in [7, 11) is -7.35. The normalized spacial score (nSPS) is 15.5. The topological polar surface area (TPSA) is 259 Å².